The van der Waals surface area contributed by atoms with Gasteiger partial charge < -0.3 is 10.1 Å². The van der Waals surface area contributed by atoms with Crippen LogP contribution in [0.2, 0.25) is 0 Å². The van der Waals surface area contributed by atoms with E-state index in [1.807, 2.05) is 6.92 Å². The summed E-state index contributed by atoms with van der Waals surface area (Å²) in [6.07, 6.45) is 0.846. The Balaban J connectivity index is 3.56. The van der Waals surface area contributed by atoms with E-state index in [-0.39, 0.29) is 5.97 Å². The maximum Gasteiger partial charge on any atom is 0.334 e. The SMILES string of the molecule is C=C(CNC)C(=O)OCCC. The fraction of sp³-hybridized carbons (Fsp3) is 0.625. The van der Waals surface area contributed by atoms with Crippen LogP contribution in [0.15, 0.2) is 12.2 Å². The lowest BCUT2D eigenvalue weighted by Gasteiger charge is -2.04. The molecule has 11 heavy (non-hydrogen) atoms. The Kier molecular flexibility index (Phi) is 5.47. The molecule has 0 bridgehead atoms. The first-order valence-electron chi connectivity index (χ1n) is 3.71. The maximum absolute atomic E-state index is 10.9. The van der Waals surface area contributed by atoms with Gasteiger partial charge in [0.2, 0.25) is 0 Å². The van der Waals surface area contributed by atoms with Gasteiger partial charge in [0.05, 0.1) is 6.61 Å². The normalized spacial score (nSPS) is 9.27. The highest BCUT2D eigenvalue weighted by Crippen LogP contribution is 1.93. The van der Waals surface area contributed by atoms with E-state index in [2.05, 4.69) is 11.9 Å². The standard InChI is InChI=1S/C8H15NO2/c1-4-5-11-8(10)7(2)6-9-3/h9H,2,4-6H2,1,3H3. The number of rotatable bonds is 5. The van der Waals surface area contributed by atoms with Gasteiger partial charge in [-0.1, -0.05) is 13.5 Å². The second kappa shape index (κ2) is 5.92. The quantitative estimate of drug-likeness (QED) is 0.472. The van der Waals surface area contributed by atoms with Crippen LogP contribution in [0.1, 0.15) is 13.3 Å². The predicted octanol–water partition coefficient (Wildman–Crippen LogP) is 0.715. The Morgan fingerprint density at radius 3 is 2.73 bits per heavy atom. The van der Waals surface area contributed by atoms with Gasteiger partial charge in [-0.3, -0.25) is 0 Å². The van der Waals surface area contributed by atoms with Gasteiger partial charge in [-0.2, -0.15) is 0 Å². The Hall–Kier alpha value is -0.830. The number of nitrogens with one attached hydrogen (secondary N) is 1. The first kappa shape index (κ1) is 10.2. The molecule has 0 amide bonds. The summed E-state index contributed by atoms with van der Waals surface area (Å²) in [5, 5.41) is 2.82. The zero-order valence-electron chi connectivity index (χ0n) is 7.14. The molecule has 0 aromatic rings. The van der Waals surface area contributed by atoms with Crippen LogP contribution in [-0.4, -0.2) is 26.2 Å². The van der Waals surface area contributed by atoms with Crippen molar-refractivity contribution < 1.29 is 9.53 Å². The summed E-state index contributed by atoms with van der Waals surface area (Å²) >= 11 is 0. The van der Waals surface area contributed by atoms with Gasteiger partial charge in [0.15, 0.2) is 0 Å². The summed E-state index contributed by atoms with van der Waals surface area (Å²) in [4.78, 5) is 10.9. The van der Waals surface area contributed by atoms with Crippen molar-refractivity contribution in [3.8, 4) is 0 Å². The van der Waals surface area contributed by atoms with Gasteiger partial charge in [-0.25, -0.2) is 4.79 Å². The fourth-order valence-electron chi connectivity index (χ4n) is 0.582. The summed E-state index contributed by atoms with van der Waals surface area (Å²) in [5.41, 5.74) is 0.473. The van der Waals surface area contributed by atoms with Crippen molar-refractivity contribution in [3.05, 3.63) is 12.2 Å². The molecule has 3 heteroatoms. The molecule has 0 atom stereocenters. The molecule has 0 saturated carbocycles. The fourth-order valence-corrected chi connectivity index (χ4v) is 0.582. The Labute approximate surface area is 67.4 Å². The van der Waals surface area contributed by atoms with Crippen LogP contribution in [0, 0.1) is 0 Å². The molecule has 0 aliphatic rings. The number of ether oxygens (including phenoxy) is 1. The molecule has 0 fully saturated rings. The number of carbonyl (C=O) groups excluding carboxylic acids is 1. The predicted molar refractivity (Wildman–Crippen MR) is 44.3 cm³/mol. The minimum absolute atomic E-state index is 0.304. The average molecular weight is 157 g/mol. The summed E-state index contributed by atoms with van der Waals surface area (Å²) in [6, 6.07) is 0. The van der Waals surface area contributed by atoms with Crippen LogP contribution in [0.5, 0.6) is 0 Å². The number of likely N-dealkylation sites (N-methyl/N-ethyl adjacent to an activating group) is 1. The molecule has 0 heterocycles. The van der Waals surface area contributed by atoms with Gasteiger partial charge in [-0.05, 0) is 13.5 Å². The van der Waals surface area contributed by atoms with Crippen LogP contribution in [0.25, 0.3) is 0 Å². The molecule has 1 N–H and O–H groups in total. The first-order chi connectivity index (χ1) is 5.22. The lowest BCUT2D eigenvalue weighted by Crippen LogP contribution is -2.18. The third kappa shape index (κ3) is 4.56. The first-order valence-corrected chi connectivity index (χ1v) is 3.71. The molecule has 0 unspecified atom stereocenters. The lowest BCUT2D eigenvalue weighted by atomic mass is 10.3. The number of hydrogen-bond donors (Lipinski definition) is 1. The largest absolute Gasteiger partial charge is 0.462 e. The molecular formula is C8H15NO2. The minimum atomic E-state index is -0.304. The van der Waals surface area contributed by atoms with E-state index in [9.17, 15) is 4.79 Å². The Morgan fingerprint density at radius 1 is 1.64 bits per heavy atom. The van der Waals surface area contributed by atoms with Gasteiger partial charge in [0, 0.05) is 12.1 Å². The number of carbonyl (C=O) groups is 1. The number of hydrogen-bond acceptors (Lipinski definition) is 3. The van der Waals surface area contributed by atoms with Gasteiger partial charge in [0.1, 0.15) is 0 Å². The van der Waals surface area contributed by atoms with E-state index in [0.717, 1.165) is 6.42 Å². The van der Waals surface area contributed by atoms with Gasteiger partial charge in [0.25, 0.3) is 0 Å². The van der Waals surface area contributed by atoms with Crippen LogP contribution in [-0.2, 0) is 9.53 Å². The second-order valence-electron chi connectivity index (χ2n) is 2.27. The van der Waals surface area contributed by atoms with Crippen molar-refractivity contribution in [1.29, 1.82) is 0 Å². The highest BCUT2D eigenvalue weighted by molar-refractivity contribution is 5.88. The van der Waals surface area contributed by atoms with Crippen LogP contribution in [0.4, 0.5) is 0 Å². The minimum Gasteiger partial charge on any atom is -0.462 e. The van der Waals surface area contributed by atoms with E-state index >= 15 is 0 Å². The van der Waals surface area contributed by atoms with Crippen molar-refractivity contribution >= 4 is 5.97 Å². The van der Waals surface area contributed by atoms with Crippen molar-refractivity contribution in [2.45, 2.75) is 13.3 Å². The van der Waals surface area contributed by atoms with E-state index < -0.39 is 0 Å². The second-order valence-corrected chi connectivity index (χ2v) is 2.27. The monoisotopic (exact) mass is 157 g/mol. The van der Waals surface area contributed by atoms with Gasteiger partial charge >= 0.3 is 5.97 Å². The summed E-state index contributed by atoms with van der Waals surface area (Å²) in [7, 11) is 1.76. The highest BCUT2D eigenvalue weighted by Gasteiger charge is 2.05. The van der Waals surface area contributed by atoms with Crippen molar-refractivity contribution in [1.82, 2.24) is 5.32 Å². The number of esters is 1. The molecule has 0 aromatic carbocycles. The molecular weight excluding hydrogens is 142 g/mol. The molecule has 0 saturated heterocycles. The summed E-state index contributed by atoms with van der Waals surface area (Å²) in [6.45, 7) is 6.48. The van der Waals surface area contributed by atoms with Crippen molar-refractivity contribution in [2.24, 2.45) is 0 Å². The van der Waals surface area contributed by atoms with Gasteiger partial charge in [-0.15, -0.1) is 0 Å². The Morgan fingerprint density at radius 2 is 2.27 bits per heavy atom. The van der Waals surface area contributed by atoms with Crippen molar-refractivity contribution in [2.75, 3.05) is 20.2 Å². The molecule has 64 valence electrons. The third-order valence-corrected chi connectivity index (χ3v) is 1.12. The lowest BCUT2D eigenvalue weighted by molar-refractivity contribution is -0.139. The third-order valence-electron chi connectivity index (χ3n) is 1.12. The molecule has 0 rings (SSSR count). The molecule has 0 aromatic heterocycles. The zero-order valence-corrected chi connectivity index (χ0v) is 7.14. The highest BCUT2D eigenvalue weighted by atomic mass is 16.5. The van der Waals surface area contributed by atoms with E-state index in [4.69, 9.17) is 4.74 Å². The topological polar surface area (TPSA) is 38.3 Å². The summed E-state index contributed by atoms with van der Waals surface area (Å²) in [5.74, 6) is -0.304. The van der Waals surface area contributed by atoms with Crippen LogP contribution < -0.4 is 5.32 Å². The molecule has 0 spiro atoms. The summed E-state index contributed by atoms with van der Waals surface area (Å²) < 4.78 is 4.83. The van der Waals surface area contributed by atoms with E-state index in [1.165, 1.54) is 0 Å². The van der Waals surface area contributed by atoms with Crippen molar-refractivity contribution in [3.63, 3.8) is 0 Å². The van der Waals surface area contributed by atoms with Crippen LogP contribution in [0.3, 0.4) is 0 Å². The molecule has 3 nitrogen and oxygen atoms in total. The maximum atomic E-state index is 10.9. The molecule has 0 aliphatic carbocycles. The average Bonchev–Trinajstić information content (AvgIpc) is 2.00. The van der Waals surface area contributed by atoms with E-state index in [1.54, 1.807) is 7.05 Å². The van der Waals surface area contributed by atoms with Crippen LogP contribution >= 0.6 is 0 Å². The molecule has 0 aliphatic heterocycles. The Bertz CT molecular complexity index is 143. The molecule has 0 radical (unpaired) electrons. The zero-order chi connectivity index (χ0) is 8.69. The smallest absolute Gasteiger partial charge is 0.334 e. The van der Waals surface area contributed by atoms with E-state index in [0.29, 0.717) is 18.7 Å².